The number of hydrogen-bond donors (Lipinski definition) is 0. The van der Waals surface area contributed by atoms with E-state index in [-0.39, 0.29) is 11.5 Å². The van der Waals surface area contributed by atoms with Crippen LogP contribution in [0.3, 0.4) is 0 Å². The van der Waals surface area contributed by atoms with Gasteiger partial charge in [-0.25, -0.2) is 0 Å². The lowest BCUT2D eigenvalue weighted by molar-refractivity contribution is -0.107. The van der Waals surface area contributed by atoms with Crippen molar-refractivity contribution < 1.29 is 38.6 Å². The van der Waals surface area contributed by atoms with Gasteiger partial charge in [-0.05, 0) is 61.4 Å². The fourth-order valence-electron chi connectivity index (χ4n) is 2.98. The molecule has 158 valence electrons. The molecule has 2 aromatic carbocycles. The number of ether oxygens (including phenoxy) is 2. The van der Waals surface area contributed by atoms with E-state index in [1.807, 2.05) is 0 Å². The van der Waals surface area contributed by atoms with E-state index in [0.29, 0.717) is 24.3 Å². The molecule has 1 aliphatic carbocycles. The Bertz CT molecular complexity index is 961. The van der Waals surface area contributed by atoms with Crippen LogP contribution in [0.2, 0.25) is 0 Å². The lowest BCUT2D eigenvalue weighted by Gasteiger charge is -2.31. The molecule has 0 spiro atoms. The summed E-state index contributed by atoms with van der Waals surface area (Å²) in [5, 5.41) is 0. The Morgan fingerprint density at radius 3 is 1.48 bits per heavy atom. The van der Waals surface area contributed by atoms with Gasteiger partial charge in [0.1, 0.15) is 23.0 Å². The van der Waals surface area contributed by atoms with Crippen LogP contribution in [0.5, 0.6) is 23.0 Å². The molecule has 1 saturated carbocycles. The molecule has 0 unspecified atom stereocenters. The van der Waals surface area contributed by atoms with E-state index in [0.717, 1.165) is 19.1 Å². The molecule has 0 N–H and O–H groups in total. The maximum absolute atomic E-state index is 12.6. The first kappa shape index (κ1) is 21.2. The van der Waals surface area contributed by atoms with Crippen molar-refractivity contribution >= 4 is 20.6 Å². The zero-order chi connectivity index (χ0) is 21.1. The summed E-state index contributed by atoms with van der Waals surface area (Å²) in [4.78, 5) is 0. The summed E-state index contributed by atoms with van der Waals surface area (Å²) in [6.07, 6.45) is 3.96. The quantitative estimate of drug-likeness (QED) is 0.345. The standard InChI is InChI=1S/C18H19FO8S2/c1-28(20,21)26-16-8-4-14(5-9-16)24-18(12-2-3-13-18)25-15-6-10-17(11-7-15)27-29(19,22)23/h4-11H,2-3,12-13H2,1H3. The molecule has 0 aliphatic heterocycles. The Hall–Kier alpha value is -2.53. The van der Waals surface area contributed by atoms with Crippen LogP contribution in [-0.4, -0.2) is 28.9 Å². The Kier molecular flexibility index (Phi) is 5.90. The normalized spacial score (nSPS) is 16.2. The largest absolute Gasteiger partial charge is 0.488 e. The molecule has 0 saturated heterocycles. The summed E-state index contributed by atoms with van der Waals surface area (Å²) in [7, 11) is -8.71. The average molecular weight is 446 g/mol. The highest BCUT2D eigenvalue weighted by Gasteiger charge is 2.38. The van der Waals surface area contributed by atoms with E-state index in [4.69, 9.17) is 13.7 Å². The van der Waals surface area contributed by atoms with Gasteiger partial charge in [0.2, 0.25) is 0 Å². The fourth-order valence-corrected chi connectivity index (χ4v) is 3.79. The molecule has 0 amide bonds. The van der Waals surface area contributed by atoms with E-state index < -0.39 is 26.4 Å². The molecule has 0 bridgehead atoms. The van der Waals surface area contributed by atoms with Crippen LogP contribution in [0.15, 0.2) is 48.5 Å². The molecular weight excluding hydrogens is 427 g/mol. The third kappa shape index (κ3) is 6.50. The second-order valence-corrected chi connectivity index (χ2v) is 9.06. The minimum atomic E-state index is -5.09. The third-order valence-electron chi connectivity index (χ3n) is 4.06. The number of hydrogen-bond acceptors (Lipinski definition) is 8. The van der Waals surface area contributed by atoms with Crippen molar-refractivity contribution in [2.75, 3.05) is 6.26 Å². The van der Waals surface area contributed by atoms with Gasteiger partial charge in [0.25, 0.3) is 5.79 Å². The number of benzene rings is 2. The van der Waals surface area contributed by atoms with E-state index in [9.17, 15) is 20.7 Å². The summed E-state index contributed by atoms with van der Waals surface area (Å²) in [5.74, 6) is -0.0839. The maximum Gasteiger partial charge on any atom is 0.488 e. The highest BCUT2D eigenvalue weighted by Crippen LogP contribution is 2.37. The van der Waals surface area contributed by atoms with E-state index >= 15 is 0 Å². The number of rotatable bonds is 8. The third-order valence-corrected chi connectivity index (χ3v) is 4.95. The van der Waals surface area contributed by atoms with Gasteiger partial charge < -0.3 is 17.8 Å². The molecule has 0 atom stereocenters. The summed E-state index contributed by atoms with van der Waals surface area (Å²) >= 11 is 0. The van der Waals surface area contributed by atoms with Crippen molar-refractivity contribution in [3.8, 4) is 23.0 Å². The van der Waals surface area contributed by atoms with Crippen LogP contribution in [0.1, 0.15) is 25.7 Å². The summed E-state index contributed by atoms with van der Waals surface area (Å²) in [6.45, 7) is 0. The predicted molar refractivity (Wildman–Crippen MR) is 101 cm³/mol. The fraction of sp³-hybridized carbons (Fsp3) is 0.333. The maximum atomic E-state index is 12.6. The van der Waals surface area contributed by atoms with E-state index in [1.165, 1.54) is 36.4 Å². The minimum Gasteiger partial charge on any atom is -0.452 e. The Morgan fingerprint density at radius 2 is 1.10 bits per heavy atom. The molecule has 1 fully saturated rings. The monoisotopic (exact) mass is 446 g/mol. The zero-order valence-corrected chi connectivity index (χ0v) is 17.0. The molecule has 29 heavy (non-hydrogen) atoms. The average Bonchev–Trinajstić information content (AvgIpc) is 3.04. The Balaban J connectivity index is 1.71. The van der Waals surface area contributed by atoms with Gasteiger partial charge in [0, 0.05) is 12.8 Å². The summed E-state index contributed by atoms with van der Waals surface area (Å²) < 4.78 is 77.0. The van der Waals surface area contributed by atoms with E-state index in [1.54, 1.807) is 12.1 Å². The van der Waals surface area contributed by atoms with Crippen LogP contribution < -0.4 is 17.8 Å². The molecule has 0 radical (unpaired) electrons. The molecule has 8 nitrogen and oxygen atoms in total. The topological polar surface area (TPSA) is 105 Å². The molecule has 0 heterocycles. The molecule has 3 rings (SSSR count). The first-order valence-corrected chi connectivity index (χ1v) is 11.8. The van der Waals surface area contributed by atoms with Gasteiger partial charge in [-0.15, -0.1) is 0 Å². The molecule has 1 aliphatic rings. The SMILES string of the molecule is CS(=O)(=O)Oc1ccc(OC2(Oc3ccc(OS(=O)(=O)F)cc3)CCCC2)cc1. The summed E-state index contributed by atoms with van der Waals surface area (Å²) in [5.41, 5.74) is 0. The van der Waals surface area contributed by atoms with Crippen molar-refractivity contribution in [1.82, 2.24) is 0 Å². The van der Waals surface area contributed by atoms with Gasteiger partial charge >= 0.3 is 20.6 Å². The van der Waals surface area contributed by atoms with Crippen molar-refractivity contribution in [2.24, 2.45) is 0 Å². The second-order valence-electron chi connectivity index (χ2n) is 6.53. The number of halogens is 1. The molecule has 0 aromatic heterocycles. The lowest BCUT2D eigenvalue weighted by Crippen LogP contribution is -2.39. The second kappa shape index (κ2) is 8.07. The van der Waals surface area contributed by atoms with Gasteiger partial charge in [-0.2, -0.15) is 16.8 Å². The van der Waals surface area contributed by atoms with Gasteiger partial charge in [0.05, 0.1) is 6.26 Å². The van der Waals surface area contributed by atoms with Crippen molar-refractivity contribution in [3.63, 3.8) is 0 Å². The zero-order valence-electron chi connectivity index (χ0n) is 15.4. The van der Waals surface area contributed by atoms with Crippen molar-refractivity contribution in [3.05, 3.63) is 48.5 Å². The minimum absolute atomic E-state index is 0.166. The highest BCUT2D eigenvalue weighted by atomic mass is 32.3. The first-order valence-electron chi connectivity index (χ1n) is 8.64. The van der Waals surface area contributed by atoms with E-state index in [2.05, 4.69) is 4.18 Å². The van der Waals surface area contributed by atoms with Crippen LogP contribution in [-0.2, 0) is 20.6 Å². The molecular formula is C18H19FO8S2. The van der Waals surface area contributed by atoms with Crippen LogP contribution in [0, 0.1) is 0 Å². The molecule has 2 aromatic rings. The van der Waals surface area contributed by atoms with Crippen molar-refractivity contribution in [2.45, 2.75) is 31.5 Å². The van der Waals surface area contributed by atoms with Crippen LogP contribution >= 0.6 is 0 Å². The van der Waals surface area contributed by atoms with Gasteiger partial charge in [-0.3, -0.25) is 0 Å². The Morgan fingerprint density at radius 1 is 0.724 bits per heavy atom. The van der Waals surface area contributed by atoms with Crippen molar-refractivity contribution in [1.29, 1.82) is 0 Å². The lowest BCUT2D eigenvalue weighted by atomic mass is 10.2. The van der Waals surface area contributed by atoms with Crippen LogP contribution in [0.4, 0.5) is 3.89 Å². The smallest absolute Gasteiger partial charge is 0.452 e. The Labute approximate surface area is 168 Å². The van der Waals surface area contributed by atoms with Crippen LogP contribution in [0.25, 0.3) is 0 Å². The highest BCUT2D eigenvalue weighted by molar-refractivity contribution is 7.86. The molecule has 11 heteroatoms. The summed E-state index contributed by atoms with van der Waals surface area (Å²) in [6, 6.07) is 11.5. The van der Waals surface area contributed by atoms with Gasteiger partial charge in [0.15, 0.2) is 0 Å². The van der Waals surface area contributed by atoms with Gasteiger partial charge in [-0.1, -0.05) is 3.89 Å². The predicted octanol–water partition coefficient (Wildman–Crippen LogP) is 3.35. The first-order chi connectivity index (χ1) is 13.5.